The van der Waals surface area contributed by atoms with Crippen LogP contribution in [0.4, 0.5) is 14.5 Å². The standard InChI is InChI=1S/C16H20F2N2O3/c1-11(21)20(2)10-12-5-3-6-13(9-12)19-14(22)16(17,18)15(23)7-4-8-15/h3,5-6,9,23H,4,7-8,10H2,1-2H3,(H,19,22). The molecule has 2 rings (SSSR count). The summed E-state index contributed by atoms with van der Waals surface area (Å²) in [5.41, 5.74) is -1.35. The van der Waals surface area contributed by atoms with Gasteiger partial charge in [-0.25, -0.2) is 0 Å². The maximum absolute atomic E-state index is 14.0. The monoisotopic (exact) mass is 326 g/mol. The van der Waals surface area contributed by atoms with E-state index in [1.54, 1.807) is 19.2 Å². The minimum atomic E-state index is -3.84. The van der Waals surface area contributed by atoms with Crippen LogP contribution in [0.25, 0.3) is 0 Å². The average Bonchev–Trinajstić information content (AvgIpc) is 2.44. The van der Waals surface area contributed by atoms with E-state index in [0.29, 0.717) is 18.5 Å². The van der Waals surface area contributed by atoms with Crippen molar-refractivity contribution < 1.29 is 23.5 Å². The van der Waals surface area contributed by atoms with Crippen molar-refractivity contribution in [2.75, 3.05) is 12.4 Å². The lowest BCUT2D eigenvalue weighted by Crippen LogP contribution is -2.59. The molecule has 0 saturated heterocycles. The van der Waals surface area contributed by atoms with E-state index in [0.717, 1.165) is 0 Å². The highest BCUT2D eigenvalue weighted by atomic mass is 19.3. The fourth-order valence-corrected chi connectivity index (χ4v) is 2.38. The summed E-state index contributed by atoms with van der Waals surface area (Å²) in [5.74, 6) is -5.48. The zero-order valence-electron chi connectivity index (χ0n) is 13.1. The van der Waals surface area contributed by atoms with Gasteiger partial charge in [-0.1, -0.05) is 12.1 Å². The number of nitrogens with zero attached hydrogens (tertiary/aromatic N) is 1. The van der Waals surface area contributed by atoms with E-state index in [1.807, 2.05) is 0 Å². The molecular weight excluding hydrogens is 306 g/mol. The van der Waals surface area contributed by atoms with E-state index in [2.05, 4.69) is 5.32 Å². The molecule has 0 unspecified atom stereocenters. The van der Waals surface area contributed by atoms with Gasteiger partial charge in [-0.2, -0.15) is 8.78 Å². The molecule has 0 bridgehead atoms. The Bertz CT molecular complexity index is 615. The lowest BCUT2D eigenvalue weighted by molar-refractivity contribution is -0.212. The van der Waals surface area contributed by atoms with Crippen LogP contribution in [0.3, 0.4) is 0 Å². The maximum atomic E-state index is 14.0. The van der Waals surface area contributed by atoms with Crippen LogP contribution in [0, 0.1) is 0 Å². The van der Waals surface area contributed by atoms with Crippen LogP contribution in [0.1, 0.15) is 31.7 Å². The lowest BCUT2D eigenvalue weighted by Gasteiger charge is -2.41. The van der Waals surface area contributed by atoms with Crippen molar-refractivity contribution in [3.63, 3.8) is 0 Å². The molecule has 0 heterocycles. The Kier molecular flexibility index (Phi) is 4.70. The van der Waals surface area contributed by atoms with Gasteiger partial charge in [0.25, 0.3) is 5.91 Å². The largest absolute Gasteiger partial charge is 0.383 e. The van der Waals surface area contributed by atoms with Crippen LogP contribution in [0.2, 0.25) is 0 Å². The maximum Gasteiger partial charge on any atom is 0.352 e. The number of aliphatic hydroxyl groups is 1. The smallest absolute Gasteiger partial charge is 0.352 e. The average molecular weight is 326 g/mol. The fraction of sp³-hybridized carbons (Fsp3) is 0.500. The zero-order chi connectivity index (χ0) is 17.3. The predicted octanol–water partition coefficient (Wildman–Crippen LogP) is 2.15. The van der Waals surface area contributed by atoms with Crippen LogP contribution in [0.5, 0.6) is 0 Å². The van der Waals surface area contributed by atoms with E-state index in [4.69, 9.17) is 0 Å². The molecule has 0 aliphatic heterocycles. The topological polar surface area (TPSA) is 69.6 Å². The quantitative estimate of drug-likeness (QED) is 0.871. The SMILES string of the molecule is CC(=O)N(C)Cc1cccc(NC(=O)C(F)(F)C2(O)CCC2)c1. The second-order valence-electron chi connectivity index (χ2n) is 5.99. The van der Waals surface area contributed by atoms with Crippen molar-refractivity contribution in [2.45, 2.75) is 44.3 Å². The summed E-state index contributed by atoms with van der Waals surface area (Å²) in [7, 11) is 1.62. The van der Waals surface area contributed by atoms with Crippen LogP contribution >= 0.6 is 0 Å². The van der Waals surface area contributed by atoms with E-state index < -0.39 is 17.4 Å². The molecule has 5 nitrogen and oxygen atoms in total. The molecule has 126 valence electrons. The first-order chi connectivity index (χ1) is 10.7. The summed E-state index contributed by atoms with van der Waals surface area (Å²) >= 11 is 0. The van der Waals surface area contributed by atoms with Gasteiger partial charge in [-0.3, -0.25) is 9.59 Å². The van der Waals surface area contributed by atoms with Gasteiger partial charge in [0.1, 0.15) is 5.60 Å². The van der Waals surface area contributed by atoms with E-state index in [-0.39, 0.29) is 24.4 Å². The minimum Gasteiger partial charge on any atom is -0.383 e. The third-order valence-corrected chi connectivity index (χ3v) is 4.19. The number of alkyl halides is 2. The number of carbonyl (C=O) groups is 2. The molecule has 1 fully saturated rings. The number of benzene rings is 1. The summed E-state index contributed by atoms with van der Waals surface area (Å²) in [6.45, 7) is 1.73. The van der Waals surface area contributed by atoms with Gasteiger partial charge >= 0.3 is 5.92 Å². The summed E-state index contributed by atoms with van der Waals surface area (Å²) in [6.07, 6.45) is 0.306. The summed E-state index contributed by atoms with van der Waals surface area (Å²) in [4.78, 5) is 24.5. The van der Waals surface area contributed by atoms with E-state index in [1.165, 1.54) is 24.0 Å². The van der Waals surface area contributed by atoms with Gasteiger partial charge < -0.3 is 15.3 Å². The second-order valence-corrected chi connectivity index (χ2v) is 5.99. The number of anilines is 1. The molecule has 0 spiro atoms. The zero-order valence-corrected chi connectivity index (χ0v) is 13.1. The van der Waals surface area contributed by atoms with Crippen LogP contribution in [0.15, 0.2) is 24.3 Å². The molecule has 2 amide bonds. The first-order valence-corrected chi connectivity index (χ1v) is 7.38. The number of rotatable bonds is 5. The van der Waals surface area contributed by atoms with Gasteiger partial charge in [0.05, 0.1) is 0 Å². The van der Waals surface area contributed by atoms with Crippen molar-refractivity contribution in [3.05, 3.63) is 29.8 Å². The number of halogens is 2. The summed E-state index contributed by atoms with van der Waals surface area (Å²) in [5, 5.41) is 11.9. The molecule has 23 heavy (non-hydrogen) atoms. The Hall–Kier alpha value is -2.02. The summed E-state index contributed by atoms with van der Waals surface area (Å²) in [6, 6.07) is 6.34. The van der Waals surface area contributed by atoms with Crippen LogP contribution < -0.4 is 5.32 Å². The first kappa shape index (κ1) is 17.3. The normalized spacial score (nSPS) is 16.4. The van der Waals surface area contributed by atoms with Gasteiger partial charge in [0, 0.05) is 26.2 Å². The van der Waals surface area contributed by atoms with Gasteiger partial charge in [0.15, 0.2) is 0 Å². The Morgan fingerprint density at radius 3 is 2.57 bits per heavy atom. The van der Waals surface area contributed by atoms with E-state index in [9.17, 15) is 23.5 Å². The molecule has 1 aliphatic rings. The fourth-order valence-electron chi connectivity index (χ4n) is 2.38. The van der Waals surface area contributed by atoms with Crippen molar-refractivity contribution in [1.82, 2.24) is 4.90 Å². The highest BCUT2D eigenvalue weighted by Crippen LogP contribution is 2.44. The Balaban J connectivity index is 2.08. The number of hydrogen-bond acceptors (Lipinski definition) is 3. The molecule has 1 aromatic rings. The highest BCUT2D eigenvalue weighted by Gasteiger charge is 2.61. The number of hydrogen-bond donors (Lipinski definition) is 2. The van der Waals surface area contributed by atoms with Crippen molar-refractivity contribution in [1.29, 1.82) is 0 Å². The number of carbonyl (C=O) groups excluding carboxylic acids is 2. The molecule has 0 radical (unpaired) electrons. The van der Waals surface area contributed by atoms with Crippen molar-refractivity contribution in [2.24, 2.45) is 0 Å². The van der Waals surface area contributed by atoms with E-state index >= 15 is 0 Å². The predicted molar refractivity (Wildman–Crippen MR) is 81.0 cm³/mol. The highest BCUT2D eigenvalue weighted by molar-refractivity contribution is 5.97. The molecular formula is C16H20F2N2O3. The van der Waals surface area contributed by atoms with Gasteiger partial charge in [-0.15, -0.1) is 0 Å². The minimum absolute atomic E-state index is 0.0864. The first-order valence-electron chi connectivity index (χ1n) is 7.38. The van der Waals surface area contributed by atoms with Crippen molar-refractivity contribution in [3.8, 4) is 0 Å². The molecule has 2 N–H and O–H groups in total. The third kappa shape index (κ3) is 3.50. The third-order valence-electron chi connectivity index (χ3n) is 4.19. The van der Waals surface area contributed by atoms with Gasteiger partial charge in [0.2, 0.25) is 5.91 Å². The molecule has 1 saturated carbocycles. The Labute approximate surface area is 133 Å². The molecule has 1 aliphatic carbocycles. The Morgan fingerprint density at radius 2 is 2.04 bits per heavy atom. The molecule has 7 heteroatoms. The number of amides is 2. The number of nitrogens with one attached hydrogen (secondary N) is 1. The molecule has 0 aromatic heterocycles. The van der Waals surface area contributed by atoms with Crippen molar-refractivity contribution >= 4 is 17.5 Å². The summed E-state index contributed by atoms with van der Waals surface area (Å²) < 4.78 is 28.1. The van der Waals surface area contributed by atoms with Crippen LogP contribution in [-0.4, -0.2) is 40.4 Å². The lowest BCUT2D eigenvalue weighted by atomic mass is 9.75. The second kappa shape index (κ2) is 6.23. The Morgan fingerprint density at radius 1 is 1.39 bits per heavy atom. The molecule has 0 atom stereocenters. The van der Waals surface area contributed by atoms with Gasteiger partial charge in [-0.05, 0) is 37.0 Å². The molecule has 1 aromatic carbocycles. The van der Waals surface area contributed by atoms with Crippen LogP contribution in [-0.2, 0) is 16.1 Å².